The first-order chi connectivity index (χ1) is 14.3. The van der Waals surface area contributed by atoms with Gasteiger partial charge in [-0.05, 0) is 37.3 Å². The van der Waals surface area contributed by atoms with E-state index < -0.39 is 53.6 Å². The normalized spacial score (nSPS) is 12.8. The summed E-state index contributed by atoms with van der Waals surface area (Å²) in [5.41, 5.74) is -0.458. The molecule has 2 aromatic carbocycles. The Labute approximate surface area is 167 Å². The highest BCUT2D eigenvalue weighted by Crippen LogP contribution is 2.32. The zero-order chi connectivity index (χ0) is 21.8. The number of carbonyl (C=O) groups excluding carboxylic acids is 3. The number of rotatable bonds is 6. The van der Waals surface area contributed by atoms with Crippen molar-refractivity contribution in [3.05, 3.63) is 53.3 Å². The SMILES string of the molecule is CC(OC(=O)c1ccc2c(c1)OCO2)C(=O)NCC(=O)Nc1ccc(F)c(F)c1F. The number of amides is 2. The number of carbonyl (C=O) groups is 3. The summed E-state index contributed by atoms with van der Waals surface area (Å²) < 4.78 is 54.9. The average molecular weight is 424 g/mol. The van der Waals surface area contributed by atoms with Crippen LogP contribution in [0.25, 0.3) is 0 Å². The lowest BCUT2D eigenvalue weighted by Crippen LogP contribution is -2.40. The first kappa shape index (κ1) is 21.0. The van der Waals surface area contributed by atoms with Crippen molar-refractivity contribution < 1.29 is 41.8 Å². The zero-order valence-electron chi connectivity index (χ0n) is 15.5. The fourth-order valence-electron chi connectivity index (χ4n) is 2.43. The summed E-state index contributed by atoms with van der Waals surface area (Å²) in [5, 5.41) is 4.18. The summed E-state index contributed by atoms with van der Waals surface area (Å²) in [4.78, 5) is 36.0. The van der Waals surface area contributed by atoms with Gasteiger partial charge in [0.1, 0.15) is 0 Å². The predicted molar refractivity (Wildman–Crippen MR) is 95.4 cm³/mol. The van der Waals surface area contributed by atoms with Gasteiger partial charge in [0.15, 0.2) is 35.1 Å². The monoisotopic (exact) mass is 424 g/mol. The van der Waals surface area contributed by atoms with E-state index in [1.54, 1.807) is 0 Å². The number of anilines is 1. The van der Waals surface area contributed by atoms with Crippen molar-refractivity contribution in [2.75, 3.05) is 18.7 Å². The number of benzene rings is 2. The third-order valence-corrected chi connectivity index (χ3v) is 3.99. The number of ether oxygens (including phenoxy) is 3. The molecular formula is C19H15F3N2O6. The Kier molecular flexibility index (Phi) is 6.09. The molecule has 0 radical (unpaired) electrons. The Hall–Kier alpha value is -3.76. The van der Waals surface area contributed by atoms with Crippen LogP contribution in [0.15, 0.2) is 30.3 Å². The molecule has 3 rings (SSSR count). The van der Waals surface area contributed by atoms with E-state index >= 15 is 0 Å². The summed E-state index contributed by atoms with van der Waals surface area (Å²) in [5.74, 6) is -6.38. The van der Waals surface area contributed by atoms with E-state index in [1.165, 1.54) is 25.1 Å². The second kappa shape index (κ2) is 8.72. The Morgan fingerprint density at radius 1 is 1.07 bits per heavy atom. The van der Waals surface area contributed by atoms with Crippen LogP contribution in [0.4, 0.5) is 18.9 Å². The highest BCUT2D eigenvalue weighted by atomic mass is 19.2. The summed E-state index contributed by atoms with van der Waals surface area (Å²) >= 11 is 0. The molecule has 8 nitrogen and oxygen atoms in total. The zero-order valence-corrected chi connectivity index (χ0v) is 15.5. The maximum Gasteiger partial charge on any atom is 0.339 e. The molecular weight excluding hydrogens is 409 g/mol. The van der Waals surface area contributed by atoms with Gasteiger partial charge >= 0.3 is 5.97 Å². The van der Waals surface area contributed by atoms with Gasteiger partial charge in [0.2, 0.25) is 12.7 Å². The Morgan fingerprint density at radius 3 is 2.57 bits per heavy atom. The molecule has 1 unspecified atom stereocenters. The van der Waals surface area contributed by atoms with Crippen molar-refractivity contribution in [1.29, 1.82) is 0 Å². The minimum atomic E-state index is -1.74. The number of nitrogens with one attached hydrogen (secondary N) is 2. The summed E-state index contributed by atoms with van der Waals surface area (Å²) in [6, 6.07) is 5.84. The van der Waals surface area contributed by atoms with Crippen molar-refractivity contribution in [2.45, 2.75) is 13.0 Å². The van der Waals surface area contributed by atoms with Crippen molar-refractivity contribution >= 4 is 23.5 Å². The third-order valence-electron chi connectivity index (χ3n) is 3.99. The molecule has 0 spiro atoms. The highest BCUT2D eigenvalue weighted by Gasteiger charge is 2.22. The number of fused-ring (bicyclic) bond motifs is 1. The van der Waals surface area contributed by atoms with Crippen LogP contribution in [-0.2, 0) is 14.3 Å². The van der Waals surface area contributed by atoms with Crippen molar-refractivity contribution in [3.63, 3.8) is 0 Å². The van der Waals surface area contributed by atoms with Crippen molar-refractivity contribution in [2.24, 2.45) is 0 Å². The highest BCUT2D eigenvalue weighted by molar-refractivity contribution is 5.96. The quantitative estimate of drug-likeness (QED) is 0.544. The van der Waals surface area contributed by atoms with Gasteiger partial charge in [0.05, 0.1) is 17.8 Å². The minimum Gasteiger partial charge on any atom is -0.454 e. The number of hydrogen-bond acceptors (Lipinski definition) is 6. The molecule has 2 amide bonds. The molecule has 2 aromatic rings. The molecule has 0 fully saturated rings. The second-order valence-corrected chi connectivity index (χ2v) is 6.10. The maximum absolute atomic E-state index is 13.5. The van der Waals surface area contributed by atoms with Gasteiger partial charge in [-0.3, -0.25) is 9.59 Å². The van der Waals surface area contributed by atoms with Crippen LogP contribution in [0.1, 0.15) is 17.3 Å². The topological polar surface area (TPSA) is 103 Å². The lowest BCUT2D eigenvalue weighted by atomic mass is 10.2. The van der Waals surface area contributed by atoms with Crippen LogP contribution in [-0.4, -0.2) is 37.2 Å². The number of halogens is 3. The summed E-state index contributed by atoms with van der Waals surface area (Å²) in [7, 11) is 0. The fourth-order valence-corrected chi connectivity index (χ4v) is 2.43. The lowest BCUT2D eigenvalue weighted by Gasteiger charge is -2.14. The van der Waals surface area contributed by atoms with Gasteiger partial charge < -0.3 is 24.8 Å². The smallest absolute Gasteiger partial charge is 0.339 e. The van der Waals surface area contributed by atoms with Gasteiger partial charge in [-0.2, -0.15) is 0 Å². The molecule has 0 saturated heterocycles. The fraction of sp³-hybridized carbons (Fsp3) is 0.211. The Bertz CT molecular complexity index is 1010. The summed E-state index contributed by atoms with van der Waals surface area (Å²) in [6.45, 7) is 0.694. The third kappa shape index (κ3) is 4.62. The van der Waals surface area contributed by atoms with E-state index in [0.29, 0.717) is 17.6 Å². The van der Waals surface area contributed by atoms with E-state index in [0.717, 1.165) is 6.07 Å². The van der Waals surface area contributed by atoms with E-state index in [4.69, 9.17) is 14.2 Å². The maximum atomic E-state index is 13.5. The molecule has 1 atom stereocenters. The Morgan fingerprint density at radius 2 is 1.80 bits per heavy atom. The van der Waals surface area contributed by atoms with Crippen LogP contribution in [0.3, 0.4) is 0 Å². The molecule has 1 aliphatic rings. The number of esters is 1. The van der Waals surface area contributed by atoms with Gasteiger partial charge in [0.25, 0.3) is 5.91 Å². The first-order valence-corrected chi connectivity index (χ1v) is 8.58. The van der Waals surface area contributed by atoms with Gasteiger partial charge in [0, 0.05) is 0 Å². The molecule has 1 aliphatic heterocycles. The van der Waals surface area contributed by atoms with E-state index in [2.05, 4.69) is 5.32 Å². The Balaban J connectivity index is 1.50. The van der Waals surface area contributed by atoms with Crippen LogP contribution in [0, 0.1) is 17.5 Å². The first-order valence-electron chi connectivity index (χ1n) is 8.58. The van der Waals surface area contributed by atoms with Gasteiger partial charge in [-0.25, -0.2) is 18.0 Å². The van der Waals surface area contributed by atoms with Crippen LogP contribution in [0.5, 0.6) is 11.5 Å². The second-order valence-electron chi connectivity index (χ2n) is 6.10. The molecule has 11 heteroatoms. The van der Waals surface area contributed by atoms with Gasteiger partial charge in [-0.1, -0.05) is 0 Å². The minimum absolute atomic E-state index is 0.0309. The lowest BCUT2D eigenvalue weighted by molar-refractivity contribution is -0.130. The average Bonchev–Trinajstić information content (AvgIpc) is 3.20. The predicted octanol–water partition coefficient (Wildman–Crippen LogP) is 2.13. The molecule has 0 aliphatic carbocycles. The van der Waals surface area contributed by atoms with Crippen LogP contribution in [0.2, 0.25) is 0 Å². The standard InChI is InChI=1S/C19H15F3N2O6/c1-9(30-19(27)10-2-5-13-14(6-10)29-8-28-13)18(26)23-7-15(25)24-12-4-3-11(20)16(21)17(12)22/h2-6,9H,7-8H2,1H3,(H,23,26)(H,24,25). The van der Waals surface area contributed by atoms with Crippen LogP contribution < -0.4 is 20.1 Å². The molecule has 2 N–H and O–H groups in total. The molecule has 0 aromatic heterocycles. The summed E-state index contributed by atoms with van der Waals surface area (Å²) in [6.07, 6.45) is -1.25. The van der Waals surface area contributed by atoms with Crippen LogP contribution >= 0.6 is 0 Å². The van der Waals surface area contributed by atoms with Crippen molar-refractivity contribution in [1.82, 2.24) is 5.32 Å². The van der Waals surface area contributed by atoms with E-state index in [-0.39, 0.29) is 12.4 Å². The molecule has 0 bridgehead atoms. The molecule has 158 valence electrons. The van der Waals surface area contributed by atoms with Gasteiger partial charge in [-0.15, -0.1) is 0 Å². The van der Waals surface area contributed by atoms with E-state index in [1.807, 2.05) is 5.32 Å². The molecule has 0 saturated carbocycles. The molecule has 30 heavy (non-hydrogen) atoms. The molecule has 1 heterocycles. The van der Waals surface area contributed by atoms with Crippen molar-refractivity contribution in [3.8, 4) is 11.5 Å². The number of hydrogen-bond donors (Lipinski definition) is 2. The van der Waals surface area contributed by atoms with E-state index in [9.17, 15) is 27.6 Å². The largest absolute Gasteiger partial charge is 0.454 e.